The number of rotatable bonds is 5. The van der Waals surface area contributed by atoms with E-state index in [1.807, 2.05) is 19.1 Å². The van der Waals surface area contributed by atoms with Crippen LogP contribution in [0.1, 0.15) is 45.8 Å². The lowest BCUT2D eigenvalue weighted by Crippen LogP contribution is -2.30. The van der Waals surface area contributed by atoms with Gasteiger partial charge in [-0.15, -0.1) is 0 Å². The minimum Gasteiger partial charge on any atom is -0.462 e. The van der Waals surface area contributed by atoms with E-state index in [2.05, 4.69) is 0 Å². The molecule has 0 aliphatic carbocycles. The summed E-state index contributed by atoms with van der Waals surface area (Å²) in [6, 6.07) is 8.46. The molecule has 0 saturated heterocycles. The summed E-state index contributed by atoms with van der Waals surface area (Å²) >= 11 is 0. The van der Waals surface area contributed by atoms with E-state index in [4.69, 9.17) is 9.47 Å². The van der Waals surface area contributed by atoms with Crippen LogP contribution in [0.15, 0.2) is 35.1 Å². The minimum atomic E-state index is -0.765. The minimum absolute atomic E-state index is 0.130. The van der Waals surface area contributed by atoms with Crippen molar-refractivity contribution < 1.29 is 19.1 Å². The maximum absolute atomic E-state index is 12.8. The smallest absolute Gasteiger partial charge is 0.343 e. The van der Waals surface area contributed by atoms with E-state index in [0.717, 1.165) is 5.56 Å². The third-order valence-electron chi connectivity index (χ3n) is 3.73. The van der Waals surface area contributed by atoms with Crippen molar-refractivity contribution in [3.05, 3.63) is 63.1 Å². The lowest BCUT2D eigenvalue weighted by Gasteiger charge is -2.15. The van der Waals surface area contributed by atoms with Crippen LogP contribution in [-0.4, -0.2) is 29.7 Å². The highest BCUT2D eigenvalue weighted by Crippen LogP contribution is 2.16. The van der Waals surface area contributed by atoms with Crippen molar-refractivity contribution in [3.63, 3.8) is 0 Å². The molecule has 132 valence electrons. The molecule has 0 aliphatic rings. The number of carbonyl (C=O) groups is 2. The summed E-state index contributed by atoms with van der Waals surface area (Å²) in [5, 5.41) is 0. The topological polar surface area (TPSA) is 74.6 Å². The fourth-order valence-corrected chi connectivity index (χ4v) is 2.48. The van der Waals surface area contributed by atoms with Crippen LogP contribution in [0.3, 0.4) is 0 Å². The van der Waals surface area contributed by atoms with Gasteiger partial charge in [-0.1, -0.05) is 17.7 Å². The Morgan fingerprint density at radius 1 is 0.920 bits per heavy atom. The molecule has 1 aromatic carbocycles. The van der Waals surface area contributed by atoms with Gasteiger partial charge in [0.25, 0.3) is 5.56 Å². The molecule has 1 heterocycles. The van der Waals surface area contributed by atoms with E-state index in [9.17, 15) is 14.4 Å². The van der Waals surface area contributed by atoms with Gasteiger partial charge in [0.15, 0.2) is 0 Å². The number of esters is 2. The molecule has 0 bridgehead atoms. The van der Waals surface area contributed by atoms with Crippen molar-refractivity contribution in [2.45, 2.75) is 27.7 Å². The summed E-state index contributed by atoms with van der Waals surface area (Å²) < 4.78 is 11.3. The highest BCUT2D eigenvalue weighted by atomic mass is 16.5. The first kappa shape index (κ1) is 18.4. The highest BCUT2D eigenvalue weighted by Gasteiger charge is 2.23. The Morgan fingerprint density at radius 2 is 1.44 bits per heavy atom. The second-order valence-electron chi connectivity index (χ2n) is 5.47. The summed E-state index contributed by atoms with van der Waals surface area (Å²) in [4.78, 5) is 37.3. The Bertz CT molecular complexity index is 849. The normalized spacial score (nSPS) is 10.4. The second kappa shape index (κ2) is 7.79. The predicted octanol–water partition coefficient (Wildman–Crippen LogP) is 2.81. The Labute approximate surface area is 146 Å². The lowest BCUT2D eigenvalue weighted by molar-refractivity contribution is 0.0522. The van der Waals surface area contributed by atoms with Crippen LogP contribution in [0, 0.1) is 13.8 Å². The Hall–Kier alpha value is -2.89. The summed E-state index contributed by atoms with van der Waals surface area (Å²) in [7, 11) is 0. The number of hydrogen-bond donors (Lipinski definition) is 0. The van der Waals surface area contributed by atoms with Crippen molar-refractivity contribution in [2.24, 2.45) is 0 Å². The van der Waals surface area contributed by atoms with Gasteiger partial charge in [-0.2, -0.15) is 0 Å². The van der Waals surface area contributed by atoms with Gasteiger partial charge in [-0.25, -0.2) is 9.59 Å². The van der Waals surface area contributed by atoms with Crippen molar-refractivity contribution in [1.82, 2.24) is 4.57 Å². The second-order valence-corrected chi connectivity index (χ2v) is 5.47. The van der Waals surface area contributed by atoms with Crippen LogP contribution in [0.4, 0.5) is 0 Å². The van der Waals surface area contributed by atoms with E-state index in [1.165, 1.54) is 10.6 Å². The number of benzene rings is 1. The molecule has 6 heteroatoms. The molecule has 1 aromatic heterocycles. The van der Waals surface area contributed by atoms with Gasteiger partial charge in [-0.3, -0.25) is 9.36 Å². The third-order valence-corrected chi connectivity index (χ3v) is 3.73. The first-order valence-electron chi connectivity index (χ1n) is 8.08. The average molecular weight is 343 g/mol. The van der Waals surface area contributed by atoms with Gasteiger partial charge in [0.2, 0.25) is 0 Å². The molecule has 0 saturated carbocycles. The van der Waals surface area contributed by atoms with Gasteiger partial charge in [0.05, 0.1) is 18.8 Å². The molecule has 2 aromatic rings. The molecule has 6 nitrogen and oxygen atoms in total. The molecule has 0 unspecified atom stereocenters. The molecule has 0 aliphatic heterocycles. The summed E-state index contributed by atoms with van der Waals surface area (Å²) in [6.45, 7) is 7.23. The van der Waals surface area contributed by atoms with Crippen molar-refractivity contribution in [2.75, 3.05) is 13.2 Å². The number of nitrogens with zero attached hydrogens (tertiary/aromatic N) is 1. The fraction of sp³-hybridized carbons (Fsp3) is 0.316. The summed E-state index contributed by atoms with van der Waals surface area (Å²) in [6.07, 6.45) is 0. The maximum atomic E-state index is 12.8. The summed E-state index contributed by atoms with van der Waals surface area (Å²) in [5.74, 6) is -1.36. The maximum Gasteiger partial charge on any atom is 0.343 e. The number of aromatic nitrogens is 1. The van der Waals surface area contributed by atoms with Crippen LogP contribution in [-0.2, 0) is 9.47 Å². The van der Waals surface area contributed by atoms with Crippen LogP contribution in [0.5, 0.6) is 0 Å². The number of hydrogen-bond acceptors (Lipinski definition) is 5. The molecule has 0 fully saturated rings. The van der Waals surface area contributed by atoms with E-state index >= 15 is 0 Å². The lowest BCUT2D eigenvalue weighted by atomic mass is 10.1. The Balaban J connectivity index is 2.75. The van der Waals surface area contributed by atoms with Crippen molar-refractivity contribution in [1.29, 1.82) is 0 Å². The molecule has 0 atom stereocenters. The van der Waals surface area contributed by atoms with Crippen LogP contribution in [0.25, 0.3) is 5.69 Å². The molecule has 0 N–H and O–H groups in total. The average Bonchev–Trinajstić information content (AvgIpc) is 2.57. The quantitative estimate of drug-likeness (QED) is 0.781. The molecule has 2 rings (SSSR count). The van der Waals surface area contributed by atoms with Crippen molar-refractivity contribution >= 4 is 11.9 Å². The van der Waals surface area contributed by atoms with E-state index in [1.54, 1.807) is 32.9 Å². The number of aryl methyl sites for hydroxylation is 1. The van der Waals surface area contributed by atoms with Gasteiger partial charge in [0, 0.05) is 11.4 Å². The number of carbonyl (C=O) groups excluding carboxylic acids is 2. The monoisotopic (exact) mass is 343 g/mol. The molecule has 25 heavy (non-hydrogen) atoms. The number of pyridine rings is 1. The van der Waals surface area contributed by atoms with E-state index in [-0.39, 0.29) is 24.3 Å². The molecule has 0 spiro atoms. The molecular weight excluding hydrogens is 322 g/mol. The van der Waals surface area contributed by atoms with Crippen LogP contribution >= 0.6 is 0 Å². The largest absolute Gasteiger partial charge is 0.462 e. The third kappa shape index (κ3) is 3.79. The Morgan fingerprint density at radius 3 is 1.96 bits per heavy atom. The van der Waals surface area contributed by atoms with E-state index in [0.29, 0.717) is 11.4 Å². The predicted molar refractivity (Wildman–Crippen MR) is 93.4 cm³/mol. The van der Waals surface area contributed by atoms with E-state index < -0.39 is 17.5 Å². The number of ether oxygens (including phenoxy) is 2. The summed E-state index contributed by atoms with van der Waals surface area (Å²) in [5.41, 5.74) is 1.42. The zero-order valence-corrected chi connectivity index (χ0v) is 14.8. The molecule has 0 radical (unpaired) electrons. The molecular formula is C19H21NO5. The van der Waals surface area contributed by atoms with Crippen molar-refractivity contribution in [3.8, 4) is 5.69 Å². The van der Waals surface area contributed by atoms with Crippen LogP contribution < -0.4 is 5.56 Å². The van der Waals surface area contributed by atoms with Gasteiger partial charge < -0.3 is 9.47 Å². The standard InChI is InChI=1S/C19H21NO5/c1-5-24-18(22)15-11-16(19(23)25-6-2)17(21)20(13(15)4)14-9-7-12(3)8-10-14/h7-11H,5-6H2,1-4H3. The zero-order chi connectivity index (χ0) is 18.6. The van der Waals surface area contributed by atoms with Gasteiger partial charge in [-0.05, 0) is 45.9 Å². The van der Waals surface area contributed by atoms with Crippen LogP contribution in [0.2, 0.25) is 0 Å². The molecule has 0 amide bonds. The fourth-order valence-electron chi connectivity index (χ4n) is 2.48. The van der Waals surface area contributed by atoms with Gasteiger partial charge >= 0.3 is 11.9 Å². The first-order valence-corrected chi connectivity index (χ1v) is 8.08. The SMILES string of the molecule is CCOC(=O)c1cc(C(=O)OCC)c(=O)n(-c2ccc(C)cc2)c1C. The zero-order valence-electron chi connectivity index (χ0n) is 14.8. The Kier molecular flexibility index (Phi) is 5.75. The first-order chi connectivity index (χ1) is 11.9. The van der Waals surface area contributed by atoms with Gasteiger partial charge in [0.1, 0.15) is 5.56 Å². The highest BCUT2D eigenvalue weighted by molar-refractivity contribution is 5.96.